The normalized spacial score (nSPS) is 12.1. The number of nitrogens with zero attached hydrogens (tertiary/aromatic N) is 3. The second-order valence-corrected chi connectivity index (χ2v) is 7.16. The van der Waals surface area contributed by atoms with Crippen molar-refractivity contribution in [1.29, 1.82) is 0 Å². The minimum atomic E-state index is -1.00. The lowest BCUT2D eigenvalue weighted by atomic mass is 10.1. The van der Waals surface area contributed by atoms with E-state index in [1.165, 1.54) is 4.88 Å². The molecule has 0 saturated carbocycles. The van der Waals surface area contributed by atoms with Gasteiger partial charge in [0.15, 0.2) is 12.4 Å². The van der Waals surface area contributed by atoms with Gasteiger partial charge in [0.2, 0.25) is 0 Å². The molecule has 0 saturated heterocycles. The summed E-state index contributed by atoms with van der Waals surface area (Å²) in [5.74, 6) is 0.177. The molecule has 1 atom stereocenters. The van der Waals surface area contributed by atoms with Crippen LogP contribution in [0.2, 0.25) is 0 Å². The fourth-order valence-corrected chi connectivity index (χ4v) is 3.57. The summed E-state index contributed by atoms with van der Waals surface area (Å²) in [7, 11) is 2.04. The molecule has 0 radical (unpaired) electrons. The SMILES string of the molecule is C[C@@H](c1cccs1)N(C)Cc1cc(-c2ncccn2)ccc1OCC(=O)O. The van der Waals surface area contributed by atoms with Crippen LogP contribution in [0.1, 0.15) is 23.4 Å². The summed E-state index contributed by atoms with van der Waals surface area (Å²) in [4.78, 5) is 23.0. The van der Waals surface area contributed by atoms with Gasteiger partial charge in [0.25, 0.3) is 0 Å². The summed E-state index contributed by atoms with van der Waals surface area (Å²) < 4.78 is 5.50. The molecule has 3 aromatic rings. The summed E-state index contributed by atoms with van der Waals surface area (Å²) in [5.41, 5.74) is 1.76. The molecule has 6 nitrogen and oxygen atoms in total. The van der Waals surface area contributed by atoms with E-state index < -0.39 is 5.97 Å². The number of carboxylic acids is 1. The zero-order valence-electron chi connectivity index (χ0n) is 15.2. The van der Waals surface area contributed by atoms with Crippen molar-refractivity contribution in [1.82, 2.24) is 14.9 Å². The second-order valence-electron chi connectivity index (χ2n) is 6.18. The number of aromatic nitrogens is 2. The first-order valence-electron chi connectivity index (χ1n) is 8.53. The van der Waals surface area contributed by atoms with Crippen molar-refractivity contribution in [3.05, 3.63) is 64.6 Å². The Bertz CT molecular complexity index is 885. The Morgan fingerprint density at radius 1 is 1.26 bits per heavy atom. The zero-order chi connectivity index (χ0) is 19.2. The van der Waals surface area contributed by atoms with E-state index in [-0.39, 0.29) is 12.6 Å². The molecular formula is C20H21N3O3S. The molecule has 3 rings (SSSR count). The highest BCUT2D eigenvalue weighted by Crippen LogP contribution is 2.30. The van der Waals surface area contributed by atoms with Crippen LogP contribution < -0.4 is 4.74 Å². The number of carboxylic acid groups (broad SMARTS) is 1. The van der Waals surface area contributed by atoms with Crippen LogP contribution in [0.25, 0.3) is 11.4 Å². The monoisotopic (exact) mass is 383 g/mol. The van der Waals surface area contributed by atoms with Crippen LogP contribution in [0.15, 0.2) is 54.2 Å². The molecule has 0 aliphatic heterocycles. The third-order valence-corrected chi connectivity index (χ3v) is 5.31. The van der Waals surface area contributed by atoms with Gasteiger partial charge in [-0.3, -0.25) is 4.90 Å². The van der Waals surface area contributed by atoms with Crippen LogP contribution >= 0.6 is 11.3 Å². The number of aliphatic carboxylic acids is 1. The summed E-state index contributed by atoms with van der Waals surface area (Å²) in [6, 6.07) is 11.7. The summed E-state index contributed by atoms with van der Waals surface area (Å²) in [6.45, 7) is 2.38. The van der Waals surface area contributed by atoms with Crippen LogP contribution in [-0.4, -0.2) is 39.6 Å². The maximum atomic E-state index is 10.9. The smallest absolute Gasteiger partial charge is 0.341 e. The fourth-order valence-electron chi connectivity index (χ4n) is 2.72. The van der Waals surface area contributed by atoms with E-state index in [9.17, 15) is 4.79 Å². The van der Waals surface area contributed by atoms with Gasteiger partial charge < -0.3 is 9.84 Å². The highest BCUT2D eigenvalue weighted by molar-refractivity contribution is 7.10. The minimum absolute atomic E-state index is 0.231. The third-order valence-electron chi connectivity index (χ3n) is 4.27. The predicted molar refractivity (Wildman–Crippen MR) is 105 cm³/mol. The Kier molecular flexibility index (Phi) is 6.16. The first kappa shape index (κ1) is 19.0. The Hall–Kier alpha value is -2.77. The van der Waals surface area contributed by atoms with E-state index in [0.717, 1.165) is 11.1 Å². The summed E-state index contributed by atoms with van der Waals surface area (Å²) in [5, 5.41) is 11.0. The van der Waals surface area contributed by atoms with Crippen LogP contribution in [0.4, 0.5) is 0 Å². The third kappa shape index (κ3) is 4.90. The maximum absolute atomic E-state index is 10.9. The average Bonchev–Trinajstić information content (AvgIpc) is 3.21. The molecule has 0 unspecified atom stereocenters. The molecule has 0 amide bonds. The second kappa shape index (κ2) is 8.75. The molecule has 0 bridgehead atoms. The molecule has 0 spiro atoms. The molecule has 0 aliphatic carbocycles. The zero-order valence-corrected chi connectivity index (χ0v) is 16.0. The number of hydrogen-bond acceptors (Lipinski definition) is 6. The molecule has 1 N–H and O–H groups in total. The lowest BCUT2D eigenvalue weighted by molar-refractivity contribution is -0.139. The Labute approximate surface area is 162 Å². The van der Waals surface area contributed by atoms with E-state index in [1.54, 1.807) is 35.9 Å². The first-order chi connectivity index (χ1) is 13.0. The summed E-state index contributed by atoms with van der Waals surface area (Å²) >= 11 is 1.72. The number of thiophene rings is 1. The largest absolute Gasteiger partial charge is 0.482 e. The Morgan fingerprint density at radius 3 is 2.70 bits per heavy atom. The van der Waals surface area contributed by atoms with Crippen molar-refractivity contribution in [2.45, 2.75) is 19.5 Å². The van der Waals surface area contributed by atoms with Gasteiger partial charge in [-0.25, -0.2) is 14.8 Å². The summed E-state index contributed by atoms with van der Waals surface area (Å²) in [6.07, 6.45) is 3.39. The van der Waals surface area contributed by atoms with E-state index in [2.05, 4.69) is 33.2 Å². The highest BCUT2D eigenvalue weighted by atomic mass is 32.1. The van der Waals surface area contributed by atoms with Crippen molar-refractivity contribution in [2.24, 2.45) is 0 Å². The van der Waals surface area contributed by atoms with Crippen molar-refractivity contribution >= 4 is 17.3 Å². The van der Waals surface area contributed by atoms with E-state index in [0.29, 0.717) is 18.1 Å². The van der Waals surface area contributed by atoms with E-state index >= 15 is 0 Å². The van der Waals surface area contributed by atoms with E-state index in [4.69, 9.17) is 9.84 Å². The van der Waals surface area contributed by atoms with E-state index in [1.807, 2.05) is 25.2 Å². The molecule has 7 heteroatoms. The number of carbonyl (C=O) groups is 1. The molecule has 2 aromatic heterocycles. The first-order valence-corrected chi connectivity index (χ1v) is 9.41. The number of rotatable bonds is 8. The van der Waals surface area contributed by atoms with Crippen molar-refractivity contribution in [3.63, 3.8) is 0 Å². The average molecular weight is 383 g/mol. The standard InChI is InChI=1S/C20H21N3O3S/c1-14(18-5-3-10-27-18)23(2)12-16-11-15(20-21-8-4-9-22-20)6-7-17(16)26-13-19(24)25/h3-11,14H,12-13H2,1-2H3,(H,24,25)/t14-/m0/s1. The molecule has 2 heterocycles. The predicted octanol–water partition coefficient (Wildman–Crippen LogP) is 3.86. The lowest BCUT2D eigenvalue weighted by Gasteiger charge is -2.25. The molecule has 27 heavy (non-hydrogen) atoms. The van der Waals surface area contributed by atoms with Gasteiger partial charge in [-0.1, -0.05) is 6.07 Å². The van der Waals surface area contributed by atoms with Crippen molar-refractivity contribution in [3.8, 4) is 17.1 Å². The van der Waals surface area contributed by atoms with Gasteiger partial charge in [-0.05, 0) is 49.7 Å². The van der Waals surface area contributed by atoms with Gasteiger partial charge in [0, 0.05) is 41.0 Å². The minimum Gasteiger partial charge on any atom is -0.482 e. The van der Waals surface area contributed by atoms with Crippen LogP contribution in [0.5, 0.6) is 5.75 Å². The van der Waals surface area contributed by atoms with Gasteiger partial charge >= 0.3 is 5.97 Å². The fraction of sp³-hybridized carbons (Fsp3) is 0.250. The molecule has 0 fully saturated rings. The van der Waals surface area contributed by atoms with Gasteiger partial charge in [0.1, 0.15) is 5.75 Å². The van der Waals surface area contributed by atoms with Gasteiger partial charge in [-0.15, -0.1) is 11.3 Å². The topological polar surface area (TPSA) is 75.5 Å². The molecule has 1 aromatic carbocycles. The molecular weight excluding hydrogens is 362 g/mol. The molecule has 140 valence electrons. The van der Waals surface area contributed by atoms with Crippen LogP contribution in [-0.2, 0) is 11.3 Å². The van der Waals surface area contributed by atoms with Gasteiger partial charge in [-0.2, -0.15) is 0 Å². The van der Waals surface area contributed by atoms with Crippen molar-refractivity contribution < 1.29 is 14.6 Å². The maximum Gasteiger partial charge on any atom is 0.341 e. The van der Waals surface area contributed by atoms with Gasteiger partial charge in [0.05, 0.1) is 0 Å². The van der Waals surface area contributed by atoms with Crippen molar-refractivity contribution in [2.75, 3.05) is 13.7 Å². The van der Waals surface area contributed by atoms with Crippen LogP contribution in [0, 0.1) is 0 Å². The van der Waals surface area contributed by atoms with Crippen LogP contribution in [0.3, 0.4) is 0 Å². The Morgan fingerprint density at radius 2 is 2.04 bits per heavy atom. The number of ether oxygens (including phenoxy) is 1. The Balaban J connectivity index is 1.87. The number of hydrogen-bond donors (Lipinski definition) is 1. The number of benzene rings is 1. The molecule has 0 aliphatic rings. The highest BCUT2D eigenvalue weighted by Gasteiger charge is 2.16. The lowest BCUT2D eigenvalue weighted by Crippen LogP contribution is -2.22. The quantitative estimate of drug-likeness (QED) is 0.637.